The molecule has 0 radical (unpaired) electrons. The van der Waals surface area contributed by atoms with E-state index >= 15 is 0 Å². The lowest BCUT2D eigenvalue weighted by Gasteiger charge is -2.42. The number of rotatable bonds is 7. The maximum Gasteiger partial charge on any atom is 0.226 e. The van der Waals surface area contributed by atoms with Crippen molar-refractivity contribution in [2.75, 3.05) is 60.4 Å². The third-order valence-corrected chi connectivity index (χ3v) is 6.29. The zero-order valence-electron chi connectivity index (χ0n) is 17.9. The molecule has 2 aliphatic heterocycles. The molecule has 6 heteroatoms. The number of likely N-dealkylation sites (N-methyl/N-ethyl adjacent to an activating group) is 2. The predicted octanol–water partition coefficient (Wildman–Crippen LogP) is 1.78. The van der Waals surface area contributed by atoms with Crippen molar-refractivity contribution >= 4 is 5.91 Å². The summed E-state index contributed by atoms with van der Waals surface area (Å²) >= 11 is 0. The van der Waals surface area contributed by atoms with Crippen molar-refractivity contribution in [2.45, 2.75) is 38.3 Å². The van der Waals surface area contributed by atoms with E-state index in [-0.39, 0.29) is 5.92 Å². The highest BCUT2D eigenvalue weighted by Gasteiger charge is 2.32. The highest BCUT2D eigenvalue weighted by atomic mass is 16.2. The van der Waals surface area contributed by atoms with Crippen LogP contribution in [0.15, 0.2) is 24.5 Å². The zero-order valence-corrected chi connectivity index (χ0v) is 17.9. The Balaban J connectivity index is 1.45. The van der Waals surface area contributed by atoms with Gasteiger partial charge in [0.2, 0.25) is 5.91 Å². The number of carbonyl (C=O) groups is 1. The Kier molecular flexibility index (Phi) is 7.82. The van der Waals surface area contributed by atoms with Gasteiger partial charge in [-0.25, -0.2) is 0 Å². The highest BCUT2D eigenvalue weighted by molar-refractivity contribution is 5.78. The van der Waals surface area contributed by atoms with Crippen LogP contribution in [0.25, 0.3) is 0 Å². The minimum absolute atomic E-state index is 0.177. The van der Waals surface area contributed by atoms with Crippen LogP contribution >= 0.6 is 0 Å². The molecule has 0 N–H and O–H groups in total. The van der Waals surface area contributed by atoms with Crippen LogP contribution in [0.3, 0.4) is 0 Å². The van der Waals surface area contributed by atoms with Gasteiger partial charge in [-0.1, -0.05) is 0 Å². The van der Waals surface area contributed by atoms with E-state index in [1.165, 1.54) is 18.4 Å². The quantitative estimate of drug-likeness (QED) is 0.713. The summed E-state index contributed by atoms with van der Waals surface area (Å²) < 4.78 is 0. The number of likely N-dealkylation sites (tertiary alicyclic amines) is 2. The Bertz CT molecular complexity index is 600. The van der Waals surface area contributed by atoms with Crippen LogP contribution < -0.4 is 0 Å². The van der Waals surface area contributed by atoms with E-state index in [4.69, 9.17) is 0 Å². The lowest BCUT2D eigenvalue weighted by Crippen LogP contribution is -2.51. The molecule has 0 aromatic carbocycles. The van der Waals surface area contributed by atoms with Gasteiger partial charge in [-0.15, -0.1) is 0 Å². The first-order valence-electron chi connectivity index (χ1n) is 10.8. The van der Waals surface area contributed by atoms with E-state index in [0.717, 1.165) is 58.7 Å². The van der Waals surface area contributed by atoms with E-state index in [9.17, 15) is 4.79 Å². The average Bonchev–Trinajstić information content (AvgIpc) is 2.73. The van der Waals surface area contributed by atoms with Crippen molar-refractivity contribution in [1.82, 2.24) is 24.6 Å². The lowest BCUT2D eigenvalue weighted by atomic mass is 9.93. The van der Waals surface area contributed by atoms with E-state index in [0.29, 0.717) is 11.9 Å². The SMILES string of the molecule is CN(C)CCN(C)C(=O)[C@H]1CCCN(C2CCN(Cc3ccncc3)CC2)C1. The van der Waals surface area contributed by atoms with Gasteiger partial charge in [0.25, 0.3) is 0 Å². The molecule has 0 saturated carbocycles. The van der Waals surface area contributed by atoms with Gasteiger partial charge < -0.3 is 9.80 Å². The largest absolute Gasteiger partial charge is 0.344 e. The molecular weight excluding hydrogens is 350 g/mol. The van der Waals surface area contributed by atoms with Crippen molar-refractivity contribution in [1.29, 1.82) is 0 Å². The summed E-state index contributed by atoms with van der Waals surface area (Å²) in [5, 5.41) is 0. The fourth-order valence-electron chi connectivity index (χ4n) is 4.50. The Morgan fingerprint density at radius 2 is 1.79 bits per heavy atom. The van der Waals surface area contributed by atoms with Gasteiger partial charge in [0, 0.05) is 51.7 Å². The van der Waals surface area contributed by atoms with Crippen LogP contribution in [0.1, 0.15) is 31.2 Å². The van der Waals surface area contributed by atoms with Crippen molar-refractivity contribution in [3.05, 3.63) is 30.1 Å². The predicted molar refractivity (Wildman–Crippen MR) is 113 cm³/mol. The molecule has 2 saturated heterocycles. The maximum atomic E-state index is 12.9. The molecule has 2 fully saturated rings. The topological polar surface area (TPSA) is 42.9 Å². The smallest absolute Gasteiger partial charge is 0.226 e. The molecule has 0 aliphatic carbocycles. The van der Waals surface area contributed by atoms with Gasteiger partial charge in [-0.05, 0) is 77.1 Å². The molecule has 1 aromatic heterocycles. The fourth-order valence-corrected chi connectivity index (χ4v) is 4.50. The second-order valence-corrected chi connectivity index (χ2v) is 8.76. The third kappa shape index (κ3) is 6.00. The van der Waals surface area contributed by atoms with Crippen LogP contribution in [-0.4, -0.2) is 96.9 Å². The Morgan fingerprint density at radius 3 is 2.46 bits per heavy atom. The summed E-state index contributed by atoms with van der Waals surface area (Å²) in [6.45, 7) is 7.15. The van der Waals surface area contributed by atoms with Gasteiger partial charge in [0.05, 0.1) is 5.92 Å². The Hall–Kier alpha value is -1.50. The van der Waals surface area contributed by atoms with Gasteiger partial charge in [0.1, 0.15) is 0 Å². The van der Waals surface area contributed by atoms with Crippen LogP contribution in [0.5, 0.6) is 0 Å². The summed E-state index contributed by atoms with van der Waals surface area (Å²) in [6, 6.07) is 4.86. The fraction of sp³-hybridized carbons (Fsp3) is 0.727. The summed E-state index contributed by atoms with van der Waals surface area (Å²) in [4.78, 5) is 26.2. The van der Waals surface area contributed by atoms with Crippen LogP contribution in [0, 0.1) is 5.92 Å². The van der Waals surface area contributed by atoms with Gasteiger partial charge in [-0.3, -0.25) is 19.6 Å². The van der Waals surface area contributed by atoms with E-state index in [1.807, 2.05) is 24.3 Å². The molecular formula is C22H37N5O. The molecule has 156 valence electrons. The monoisotopic (exact) mass is 387 g/mol. The minimum atomic E-state index is 0.177. The van der Waals surface area contributed by atoms with E-state index in [1.54, 1.807) is 0 Å². The number of pyridine rings is 1. The van der Waals surface area contributed by atoms with Gasteiger partial charge >= 0.3 is 0 Å². The number of carbonyl (C=O) groups excluding carboxylic acids is 1. The number of nitrogens with zero attached hydrogens (tertiary/aromatic N) is 5. The van der Waals surface area contributed by atoms with Crippen molar-refractivity contribution in [3.63, 3.8) is 0 Å². The van der Waals surface area contributed by atoms with Crippen molar-refractivity contribution in [2.24, 2.45) is 5.92 Å². The van der Waals surface area contributed by atoms with Crippen molar-refractivity contribution < 1.29 is 4.79 Å². The summed E-state index contributed by atoms with van der Waals surface area (Å²) in [6.07, 6.45) is 8.37. The Labute approximate surface area is 170 Å². The van der Waals surface area contributed by atoms with E-state index < -0.39 is 0 Å². The molecule has 3 rings (SSSR count). The van der Waals surface area contributed by atoms with E-state index in [2.05, 4.69) is 45.9 Å². The molecule has 6 nitrogen and oxygen atoms in total. The van der Waals surface area contributed by atoms with Gasteiger partial charge in [-0.2, -0.15) is 0 Å². The average molecular weight is 388 g/mol. The number of piperidine rings is 2. The number of amides is 1. The van der Waals surface area contributed by atoms with Crippen LogP contribution in [0.2, 0.25) is 0 Å². The normalized spacial score (nSPS) is 22.5. The van der Waals surface area contributed by atoms with Gasteiger partial charge in [0.15, 0.2) is 0 Å². The first-order valence-corrected chi connectivity index (χ1v) is 10.8. The second kappa shape index (κ2) is 10.3. The van der Waals surface area contributed by atoms with Crippen molar-refractivity contribution in [3.8, 4) is 0 Å². The first-order chi connectivity index (χ1) is 13.5. The zero-order chi connectivity index (χ0) is 19.9. The Morgan fingerprint density at radius 1 is 1.07 bits per heavy atom. The summed E-state index contributed by atoms with van der Waals surface area (Å²) in [5.41, 5.74) is 1.35. The second-order valence-electron chi connectivity index (χ2n) is 8.76. The van der Waals surface area contributed by atoms with Crippen LogP contribution in [0.4, 0.5) is 0 Å². The summed E-state index contributed by atoms with van der Waals surface area (Å²) in [5.74, 6) is 0.512. The number of aromatic nitrogens is 1. The molecule has 1 atom stereocenters. The highest BCUT2D eigenvalue weighted by Crippen LogP contribution is 2.25. The molecule has 0 bridgehead atoms. The molecule has 1 aromatic rings. The minimum Gasteiger partial charge on any atom is -0.344 e. The standard InChI is InChI=1S/C22H37N5O/c1-24(2)15-16-25(3)22(28)20-5-4-12-27(18-20)21-8-13-26(14-9-21)17-19-6-10-23-11-7-19/h6-7,10-11,20-21H,4-5,8-9,12-18H2,1-3H3/t20-/m0/s1. The number of hydrogen-bond acceptors (Lipinski definition) is 5. The number of hydrogen-bond donors (Lipinski definition) is 0. The molecule has 2 aliphatic rings. The lowest BCUT2D eigenvalue weighted by molar-refractivity contribution is -0.136. The molecule has 28 heavy (non-hydrogen) atoms. The molecule has 0 unspecified atom stereocenters. The maximum absolute atomic E-state index is 12.9. The first kappa shape index (κ1) is 21.2. The molecule has 0 spiro atoms. The third-order valence-electron chi connectivity index (χ3n) is 6.29. The summed E-state index contributed by atoms with van der Waals surface area (Å²) in [7, 11) is 6.08. The molecule has 1 amide bonds. The molecule has 3 heterocycles. The van der Waals surface area contributed by atoms with Crippen LogP contribution in [-0.2, 0) is 11.3 Å².